The molecule has 0 bridgehead atoms. The van der Waals surface area contributed by atoms with Crippen LogP contribution in [-0.4, -0.2) is 36.1 Å². The second-order valence-electron chi connectivity index (χ2n) is 6.69. The molecule has 0 unspecified atom stereocenters. The van der Waals surface area contributed by atoms with Gasteiger partial charge in [0, 0.05) is 48.8 Å². The third kappa shape index (κ3) is 4.31. The molecule has 138 valence electrons. The van der Waals surface area contributed by atoms with E-state index in [1.54, 1.807) is 6.20 Å². The minimum absolute atomic E-state index is 0.580. The molecule has 0 amide bonds. The van der Waals surface area contributed by atoms with E-state index in [1.807, 2.05) is 30.3 Å². The molecule has 0 saturated carbocycles. The van der Waals surface area contributed by atoms with E-state index >= 15 is 0 Å². The molecular weight excluding hydrogens is 358 g/mol. The Morgan fingerprint density at radius 3 is 2.48 bits per heavy atom. The van der Waals surface area contributed by atoms with Gasteiger partial charge in [0.25, 0.3) is 0 Å². The smallest absolute Gasteiger partial charge is 0.229 e. The summed E-state index contributed by atoms with van der Waals surface area (Å²) in [6.45, 7) is 5.95. The number of hydrogen-bond donors (Lipinski definition) is 1. The number of aromatic nitrogens is 2. The van der Waals surface area contributed by atoms with E-state index in [-0.39, 0.29) is 0 Å². The maximum absolute atomic E-state index is 6.04. The van der Waals surface area contributed by atoms with Crippen molar-refractivity contribution in [2.24, 2.45) is 0 Å². The molecule has 1 aliphatic rings. The third-order valence-electron chi connectivity index (χ3n) is 4.69. The molecule has 27 heavy (non-hydrogen) atoms. The molecule has 0 aliphatic carbocycles. The van der Waals surface area contributed by atoms with Crippen LogP contribution in [0.2, 0.25) is 5.02 Å². The van der Waals surface area contributed by atoms with Crippen LogP contribution in [0.25, 0.3) is 0 Å². The number of benzene rings is 2. The summed E-state index contributed by atoms with van der Waals surface area (Å²) in [5, 5.41) is 3.91. The van der Waals surface area contributed by atoms with Crippen molar-refractivity contribution in [3.8, 4) is 0 Å². The van der Waals surface area contributed by atoms with Crippen LogP contribution in [0.4, 0.5) is 23.1 Å². The van der Waals surface area contributed by atoms with Gasteiger partial charge >= 0.3 is 0 Å². The van der Waals surface area contributed by atoms with Gasteiger partial charge in [-0.1, -0.05) is 29.8 Å². The molecule has 0 spiro atoms. The summed E-state index contributed by atoms with van der Waals surface area (Å²) >= 11 is 6.04. The molecule has 1 aliphatic heterocycles. The Kier molecular flexibility index (Phi) is 5.12. The second kappa shape index (κ2) is 7.84. The van der Waals surface area contributed by atoms with E-state index in [9.17, 15) is 0 Å². The van der Waals surface area contributed by atoms with Crippen molar-refractivity contribution in [2.75, 3.05) is 41.3 Å². The SMILES string of the molecule is Cc1cccc(N2CCN(c3ccnc(Nc4cccc(Cl)c4)n3)CC2)c1. The molecule has 1 fully saturated rings. The average Bonchev–Trinajstić information content (AvgIpc) is 2.68. The molecule has 0 atom stereocenters. The van der Waals surface area contributed by atoms with Gasteiger partial charge in [0.15, 0.2) is 0 Å². The lowest BCUT2D eigenvalue weighted by Crippen LogP contribution is -2.46. The number of aryl methyl sites for hydroxylation is 1. The van der Waals surface area contributed by atoms with Crippen molar-refractivity contribution < 1.29 is 0 Å². The highest BCUT2D eigenvalue weighted by Gasteiger charge is 2.18. The van der Waals surface area contributed by atoms with Gasteiger partial charge < -0.3 is 15.1 Å². The fourth-order valence-electron chi connectivity index (χ4n) is 3.30. The van der Waals surface area contributed by atoms with Crippen molar-refractivity contribution in [3.05, 3.63) is 71.4 Å². The summed E-state index contributed by atoms with van der Waals surface area (Å²) in [4.78, 5) is 13.7. The zero-order valence-electron chi connectivity index (χ0n) is 15.3. The maximum atomic E-state index is 6.04. The molecule has 5 nitrogen and oxygen atoms in total. The molecule has 0 radical (unpaired) electrons. The van der Waals surface area contributed by atoms with Crippen LogP contribution in [0.1, 0.15) is 5.56 Å². The Hall–Kier alpha value is -2.79. The Bertz CT molecular complexity index is 922. The van der Waals surface area contributed by atoms with Crippen LogP contribution in [0, 0.1) is 6.92 Å². The van der Waals surface area contributed by atoms with Gasteiger partial charge in [-0.15, -0.1) is 0 Å². The number of nitrogens with one attached hydrogen (secondary N) is 1. The summed E-state index contributed by atoms with van der Waals surface area (Å²) in [5.74, 6) is 1.52. The van der Waals surface area contributed by atoms with Gasteiger partial charge in [-0.05, 0) is 48.9 Å². The van der Waals surface area contributed by atoms with E-state index in [0.29, 0.717) is 11.0 Å². The predicted molar refractivity (Wildman–Crippen MR) is 112 cm³/mol. The molecule has 4 rings (SSSR count). The lowest BCUT2D eigenvalue weighted by atomic mass is 10.2. The lowest BCUT2D eigenvalue weighted by Gasteiger charge is -2.36. The Labute approximate surface area is 164 Å². The fraction of sp³-hybridized carbons (Fsp3) is 0.238. The van der Waals surface area contributed by atoms with Gasteiger partial charge in [0.05, 0.1) is 0 Å². The van der Waals surface area contributed by atoms with Crippen molar-refractivity contribution >= 4 is 34.7 Å². The Morgan fingerprint density at radius 2 is 1.70 bits per heavy atom. The second-order valence-corrected chi connectivity index (χ2v) is 7.12. The topological polar surface area (TPSA) is 44.3 Å². The van der Waals surface area contributed by atoms with Crippen LogP contribution in [0.5, 0.6) is 0 Å². The van der Waals surface area contributed by atoms with Gasteiger partial charge in [0.2, 0.25) is 5.95 Å². The minimum atomic E-state index is 0.580. The highest BCUT2D eigenvalue weighted by Crippen LogP contribution is 2.22. The van der Waals surface area contributed by atoms with Crippen molar-refractivity contribution in [1.29, 1.82) is 0 Å². The van der Waals surface area contributed by atoms with Crippen LogP contribution in [0.3, 0.4) is 0 Å². The van der Waals surface area contributed by atoms with E-state index < -0.39 is 0 Å². The van der Waals surface area contributed by atoms with Gasteiger partial charge in [-0.2, -0.15) is 4.98 Å². The number of halogens is 1. The van der Waals surface area contributed by atoms with Crippen LogP contribution < -0.4 is 15.1 Å². The Balaban J connectivity index is 1.42. The van der Waals surface area contributed by atoms with E-state index in [1.165, 1.54) is 11.3 Å². The van der Waals surface area contributed by atoms with E-state index in [0.717, 1.165) is 37.7 Å². The number of piperazine rings is 1. The van der Waals surface area contributed by atoms with Crippen LogP contribution >= 0.6 is 11.6 Å². The van der Waals surface area contributed by atoms with E-state index in [4.69, 9.17) is 11.6 Å². The van der Waals surface area contributed by atoms with Crippen molar-refractivity contribution in [1.82, 2.24) is 9.97 Å². The molecule has 2 heterocycles. The first-order chi connectivity index (χ1) is 13.2. The highest BCUT2D eigenvalue weighted by atomic mass is 35.5. The summed E-state index contributed by atoms with van der Waals surface area (Å²) in [7, 11) is 0. The summed E-state index contributed by atoms with van der Waals surface area (Å²) < 4.78 is 0. The minimum Gasteiger partial charge on any atom is -0.368 e. The number of rotatable bonds is 4. The molecule has 1 saturated heterocycles. The Morgan fingerprint density at radius 1 is 0.926 bits per heavy atom. The zero-order valence-corrected chi connectivity index (χ0v) is 16.0. The van der Waals surface area contributed by atoms with Gasteiger partial charge in [0.1, 0.15) is 5.82 Å². The third-order valence-corrected chi connectivity index (χ3v) is 4.93. The zero-order chi connectivity index (χ0) is 18.6. The maximum Gasteiger partial charge on any atom is 0.229 e. The lowest BCUT2D eigenvalue weighted by molar-refractivity contribution is 0.647. The van der Waals surface area contributed by atoms with Crippen LogP contribution in [-0.2, 0) is 0 Å². The van der Waals surface area contributed by atoms with E-state index in [2.05, 4.69) is 56.3 Å². The summed E-state index contributed by atoms with van der Waals surface area (Å²) in [6.07, 6.45) is 1.79. The summed E-state index contributed by atoms with van der Waals surface area (Å²) in [5.41, 5.74) is 3.46. The number of nitrogens with zero attached hydrogens (tertiary/aromatic N) is 4. The predicted octanol–water partition coefficient (Wildman–Crippen LogP) is 4.51. The average molecular weight is 380 g/mol. The monoisotopic (exact) mass is 379 g/mol. The quantitative estimate of drug-likeness (QED) is 0.722. The molecule has 6 heteroatoms. The molecule has 3 aromatic rings. The first-order valence-electron chi connectivity index (χ1n) is 9.09. The standard InChI is InChI=1S/C21H22ClN5/c1-16-4-2-7-19(14-16)26-10-12-27(13-11-26)20-8-9-23-21(25-20)24-18-6-3-5-17(22)15-18/h2-9,14-15H,10-13H2,1H3,(H,23,24,25). The van der Waals surface area contributed by atoms with Crippen molar-refractivity contribution in [2.45, 2.75) is 6.92 Å². The van der Waals surface area contributed by atoms with Crippen LogP contribution in [0.15, 0.2) is 60.8 Å². The molecule has 1 N–H and O–H groups in total. The van der Waals surface area contributed by atoms with Gasteiger partial charge in [-0.3, -0.25) is 0 Å². The number of hydrogen-bond acceptors (Lipinski definition) is 5. The van der Waals surface area contributed by atoms with Crippen molar-refractivity contribution in [3.63, 3.8) is 0 Å². The van der Waals surface area contributed by atoms with Gasteiger partial charge in [-0.25, -0.2) is 4.98 Å². The normalized spacial score (nSPS) is 14.3. The fourth-order valence-corrected chi connectivity index (χ4v) is 3.49. The first kappa shape index (κ1) is 17.6. The summed E-state index contributed by atoms with van der Waals surface area (Å²) in [6, 6.07) is 18.2. The number of anilines is 4. The largest absolute Gasteiger partial charge is 0.368 e. The molecular formula is C21H22ClN5. The molecule has 2 aromatic carbocycles. The highest BCUT2D eigenvalue weighted by molar-refractivity contribution is 6.30. The first-order valence-corrected chi connectivity index (χ1v) is 9.47. The molecule has 1 aromatic heterocycles.